The first kappa shape index (κ1) is 22.5. The van der Waals surface area contributed by atoms with Gasteiger partial charge in [0, 0.05) is 11.3 Å². The third-order valence-electron chi connectivity index (χ3n) is 5.70. The Morgan fingerprint density at radius 1 is 1.03 bits per heavy atom. The van der Waals surface area contributed by atoms with Crippen LogP contribution in [-0.2, 0) is 12.1 Å². The van der Waals surface area contributed by atoms with Crippen molar-refractivity contribution in [3.05, 3.63) is 71.4 Å². The minimum atomic E-state index is -9.75. The molecule has 1 aliphatic carbocycles. The standard InChI is InChI=1S/C22H19F5N4O2S/c1-14-11-19(29-31(14)13-15-3-2-4-17(12-15)22(32)9-10-22)21-28-20(30-33-21)16-5-7-18(8-6-16)34(23,24,25,26)27/h2-8,11-12,32H,9-10,13H2,1H3. The number of aryl methyl sites for hydroxylation is 1. The van der Waals surface area contributed by atoms with Crippen molar-refractivity contribution in [1.82, 2.24) is 19.9 Å². The molecule has 2 aromatic carbocycles. The van der Waals surface area contributed by atoms with E-state index < -0.39 is 20.7 Å². The number of aromatic nitrogens is 4. The minimum Gasteiger partial charge on any atom is -0.385 e. The lowest BCUT2D eigenvalue weighted by molar-refractivity contribution is 0.151. The summed E-state index contributed by atoms with van der Waals surface area (Å²) in [5.74, 6) is -0.0176. The molecule has 4 aromatic rings. The van der Waals surface area contributed by atoms with Crippen LogP contribution in [0.5, 0.6) is 0 Å². The highest BCUT2D eigenvalue weighted by atomic mass is 32.5. The van der Waals surface area contributed by atoms with Crippen LogP contribution in [0.2, 0.25) is 0 Å². The summed E-state index contributed by atoms with van der Waals surface area (Å²) in [5.41, 5.74) is 2.32. The normalized spacial score (nSPS) is 17.3. The third kappa shape index (κ3) is 4.42. The van der Waals surface area contributed by atoms with Gasteiger partial charge in [-0.2, -0.15) is 10.1 Å². The number of aliphatic hydroxyl groups is 1. The van der Waals surface area contributed by atoms with E-state index in [4.69, 9.17) is 4.52 Å². The second-order valence-corrected chi connectivity index (χ2v) is 10.9. The van der Waals surface area contributed by atoms with Gasteiger partial charge in [-0.3, -0.25) is 4.68 Å². The zero-order valence-electron chi connectivity index (χ0n) is 17.8. The molecular weight excluding hydrogens is 479 g/mol. The largest absolute Gasteiger partial charge is 0.385 e. The van der Waals surface area contributed by atoms with E-state index in [0.717, 1.165) is 41.8 Å². The molecule has 1 N–H and O–H groups in total. The molecule has 0 atom stereocenters. The van der Waals surface area contributed by atoms with Crippen molar-refractivity contribution >= 4 is 10.2 Å². The van der Waals surface area contributed by atoms with Gasteiger partial charge in [-0.1, -0.05) is 48.9 Å². The number of hydrogen-bond acceptors (Lipinski definition) is 5. The molecule has 180 valence electrons. The van der Waals surface area contributed by atoms with Crippen LogP contribution in [0.25, 0.3) is 23.0 Å². The predicted octanol–water partition coefficient (Wildman–Crippen LogP) is 6.60. The van der Waals surface area contributed by atoms with Crippen LogP contribution >= 0.6 is 10.2 Å². The highest BCUT2D eigenvalue weighted by Crippen LogP contribution is 3.02. The number of nitrogens with zero attached hydrogens (tertiary/aromatic N) is 4. The topological polar surface area (TPSA) is 77.0 Å². The first-order valence-electron chi connectivity index (χ1n) is 10.3. The molecule has 0 radical (unpaired) electrons. The van der Waals surface area contributed by atoms with Crippen LogP contribution in [-0.4, -0.2) is 25.0 Å². The van der Waals surface area contributed by atoms with Crippen molar-refractivity contribution in [3.63, 3.8) is 0 Å². The molecular formula is C22H19F5N4O2S. The highest BCUT2D eigenvalue weighted by Gasteiger charge is 2.65. The molecule has 2 aromatic heterocycles. The van der Waals surface area contributed by atoms with Crippen molar-refractivity contribution in [2.75, 3.05) is 0 Å². The Labute approximate surface area is 190 Å². The van der Waals surface area contributed by atoms with Gasteiger partial charge in [0.25, 0.3) is 5.89 Å². The molecule has 0 unspecified atom stereocenters. The Morgan fingerprint density at radius 3 is 2.38 bits per heavy atom. The molecule has 1 aliphatic rings. The maximum absolute atomic E-state index is 12.9. The molecule has 34 heavy (non-hydrogen) atoms. The van der Waals surface area contributed by atoms with Crippen LogP contribution < -0.4 is 0 Å². The lowest BCUT2D eigenvalue weighted by atomic mass is 10.0. The summed E-state index contributed by atoms with van der Waals surface area (Å²) in [7, 11) is -9.75. The Kier molecular flexibility index (Phi) is 4.42. The van der Waals surface area contributed by atoms with E-state index in [2.05, 4.69) is 15.2 Å². The molecule has 0 saturated heterocycles. The van der Waals surface area contributed by atoms with Gasteiger partial charge in [0.1, 0.15) is 4.90 Å². The van der Waals surface area contributed by atoms with E-state index in [9.17, 15) is 24.5 Å². The van der Waals surface area contributed by atoms with Crippen molar-refractivity contribution in [2.45, 2.75) is 36.8 Å². The molecule has 0 aliphatic heterocycles. The molecule has 0 spiro atoms. The Hall–Kier alpha value is -3.25. The zero-order valence-corrected chi connectivity index (χ0v) is 18.6. The van der Waals surface area contributed by atoms with E-state index in [0.29, 0.717) is 24.4 Å². The van der Waals surface area contributed by atoms with Gasteiger partial charge in [0.15, 0.2) is 5.69 Å². The summed E-state index contributed by atoms with van der Waals surface area (Å²) in [6, 6.07) is 11.7. The lowest BCUT2D eigenvalue weighted by Crippen LogP contribution is -2.07. The first-order chi connectivity index (χ1) is 15.7. The fourth-order valence-corrected chi connectivity index (χ4v) is 4.27. The van der Waals surface area contributed by atoms with E-state index in [1.54, 1.807) is 10.7 Å². The van der Waals surface area contributed by atoms with Gasteiger partial charge in [-0.05, 0) is 61.2 Å². The summed E-state index contributed by atoms with van der Waals surface area (Å²) < 4.78 is 71.5. The monoisotopic (exact) mass is 498 g/mol. The second-order valence-electron chi connectivity index (χ2n) is 8.48. The van der Waals surface area contributed by atoms with Gasteiger partial charge >= 0.3 is 10.2 Å². The van der Waals surface area contributed by atoms with Gasteiger partial charge < -0.3 is 9.63 Å². The molecule has 1 saturated carbocycles. The van der Waals surface area contributed by atoms with Crippen LogP contribution in [0.3, 0.4) is 0 Å². The van der Waals surface area contributed by atoms with Crippen LogP contribution in [0.1, 0.15) is 29.7 Å². The smallest absolute Gasteiger partial charge is 0.310 e. The molecule has 1 fully saturated rings. The Bertz CT molecular complexity index is 1390. The Balaban J connectivity index is 1.37. The fourth-order valence-electron chi connectivity index (χ4n) is 3.62. The number of benzene rings is 2. The average molecular weight is 498 g/mol. The minimum absolute atomic E-state index is 0.0367. The molecule has 2 heterocycles. The van der Waals surface area contributed by atoms with E-state index in [1.165, 1.54) is 0 Å². The van der Waals surface area contributed by atoms with Crippen molar-refractivity contribution in [2.24, 2.45) is 0 Å². The quantitative estimate of drug-likeness (QED) is 0.303. The number of rotatable bonds is 6. The predicted molar refractivity (Wildman–Crippen MR) is 116 cm³/mol. The molecule has 6 nitrogen and oxygen atoms in total. The summed E-state index contributed by atoms with van der Waals surface area (Å²) in [4.78, 5) is 2.16. The van der Waals surface area contributed by atoms with Crippen LogP contribution in [0, 0.1) is 6.92 Å². The molecule has 0 bridgehead atoms. The summed E-state index contributed by atoms with van der Waals surface area (Å²) in [6.45, 7) is 2.28. The lowest BCUT2D eigenvalue weighted by Gasteiger charge is -2.40. The molecule has 12 heteroatoms. The van der Waals surface area contributed by atoms with Crippen molar-refractivity contribution in [1.29, 1.82) is 0 Å². The Morgan fingerprint density at radius 2 is 1.74 bits per heavy atom. The second kappa shape index (κ2) is 6.66. The van der Waals surface area contributed by atoms with Gasteiger partial charge in [0.05, 0.1) is 12.1 Å². The third-order valence-corrected chi connectivity index (χ3v) is 6.87. The molecule has 5 rings (SSSR count). The van der Waals surface area contributed by atoms with Crippen molar-refractivity contribution < 1.29 is 29.1 Å². The SMILES string of the molecule is Cc1cc(-c2nc(-c3ccc(S(F)(F)(F)(F)F)cc3)no2)nn1Cc1cccc(C2(O)CC2)c1. The van der Waals surface area contributed by atoms with Gasteiger partial charge in [-0.25, -0.2) is 0 Å². The van der Waals surface area contributed by atoms with Gasteiger partial charge in [0.2, 0.25) is 5.82 Å². The zero-order chi connectivity index (χ0) is 24.4. The van der Waals surface area contributed by atoms with Gasteiger partial charge in [-0.15, -0.1) is 0 Å². The number of hydrogen-bond donors (Lipinski definition) is 1. The van der Waals surface area contributed by atoms with E-state index >= 15 is 0 Å². The maximum Gasteiger partial charge on any atom is 0.310 e. The first-order valence-corrected chi connectivity index (χ1v) is 12.2. The van der Waals surface area contributed by atoms with E-state index in [-0.39, 0.29) is 17.3 Å². The summed E-state index contributed by atoms with van der Waals surface area (Å²) in [5, 5.41) is 18.5. The van der Waals surface area contributed by atoms with E-state index in [1.807, 2.05) is 31.2 Å². The fraction of sp³-hybridized carbons (Fsp3) is 0.227. The maximum atomic E-state index is 12.9. The average Bonchev–Trinajstić information content (AvgIpc) is 3.17. The van der Waals surface area contributed by atoms with Crippen LogP contribution in [0.4, 0.5) is 19.4 Å². The number of halogens is 5. The van der Waals surface area contributed by atoms with Crippen LogP contribution in [0.15, 0.2) is 64.0 Å². The van der Waals surface area contributed by atoms with Crippen molar-refractivity contribution in [3.8, 4) is 23.0 Å². The highest BCUT2D eigenvalue weighted by molar-refractivity contribution is 8.45. The summed E-state index contributed by atoms with van der Waals surface area (Å²) >= 11 is 0. The summed E-state index contributed by atoms with van der Waals surface area (Å²) in [6.07, 6.45) is 1.48. The molecule has 0 amide bonds.